The molecule has 0 spiro atoms. The molecule has 0 bridgehead atoms. The Labute approximate surface area is 48.3 Å². The van der Waals surface area contributed by atoms with Crippen LogP contribution in [0.1, 0.15) is 13.8 Å². The Kier molecular flexibility index (Phi) is 1190. The minimum absolute atomic E-state index is 0. The molecule has 0 unspecified atom stereocenters. The van der Waals surface area contributed by atoms with Crippen LogP contribution in [0.2, 0.25) is 0 Å². The first-order valence-electron chi connectivity index (χ1n) is 1.00. The Morgan fingerprint density at radius 2 is 0.800 bits per heavy atom. The van der Waals surface area contributed by atoms with Crippen molar-refractivity contribution >= 4 is 23.1 Å². The van der Waals surface area contributed by atoms with Gasteiger partial charge in [-0.1, -0.05) is 13.8 Å². The third-order valence-corrected chi connectivity index (χ3v) is 0. The fourth-order valence-electron chi connectivity index (χ4n) is 0. The summed E-state index contributed by atoms with van der Waals surface area (Å²) in [6.07, 6.45) is 0. The molecule has 0 saturated carbocycles. The summed E-state index contributed by atoms with van der Waals surface area (Å²) < 4.78 is 0. The molecule has 5 heavy (non-hydrogen) atoms. The molecular formula is C2H8MgO2. The van der Waals surface area contributed by atoms with Gasteiger partial charge in [-0.3, -0.25) is 0 Å². The van der Waals surface area contributed by atoms with Gasteiger partial charge in [-0.05, 0) is 0 Å². The number of hydrogen-bond acceptors (Lipinski definition) is 2. The summed E-state index contributed by atoms with van der Waals surface area (Å²) in [5.41, 5.74) is 0. The van der Waals surface area contributed by atoms with Crippen LogP contribution in [0.25, 0.3) is 0 Å². The van der Waals surface area contributed by atoms with Gasteiger partial charge in [0.25, 0.3) is 0 Å². The number of rotatable bonds is 0. The largest absolute Gasteiger partial charge is 2.00 e. The fourth-order valence-corrected chi connectivity index (χ4v) is 0. The zero-order valence-corrected chi connectivity index (χ0v) is 5.02. The second-order valence-corrected chi connectivity index (χ2v) is 0. The maximum absolute atomic E-state index is 2.00. The third-order valence-electron chi connectivity index (χ3n) is 0. The second-order valence-electron chi connectivity index (χ2n) is 0. The summed E-state index contributed by atoms with van der Waals surface area (Å²) >= 11 is 0. The van der Waals surface area contributed by atoms with E-state index in [1.165, 1.54) is 0 Å². The van der Waals surface area contributed by atoms with E-state index in [1.807, 2.05) is 13.8 Å². The van der Waals surface area contributed by atoms with Crippen LogP contribution in [0.4, 0.5) is 0 Å². The van der Waals surface area contributed by atoms with Gasteiger partial charge in [0.05, 0.1) is 0 Å². The van der Waals surface area contributed by atoms with Gasteiger partial charge in [0.15, 0.2) is 0 Å². The first-order valence-corrected chi connectivity index (χ1v) is 1.00. The monoisotopic (exact) mass is 88.0 g/mol. The number of hydrogen-bond donors (Lipinski definition) is 0. The molecule has 3 heteroatoms. The molecule has 0 amide bonds. The predicted molar refractivity (Wildman–Crippen MR) is 21.0 cm³/mol. The van der Waals surface area contributed by atoms with Crippen LogP contribution >= 0.6 is 0 Å². The average molecular weight is 88.4 g/mol. The first-order chi connectivity index (χ1) is 1.00. The summed E-state index contributed by atoms with van der Waals surface area (Å²) in [6, 6.07) is 0. The molecule has 0 aliphatic rings. The van der Waals surface area contributed by atoms with E-state index in [1.54, 1.807) is 0 Å². The average Bonchev–Trinajstić information content (AvgIpc) is 1.00. The van der Waals surface area contributed by atoms with Crippen molar-refractivity contribution in [3.63, 3.8) is 0 Å². The van der Waals surface area contributed by atoms with Gasteiger partial charge in [-0.25, -0.2) is 0 Å². The fraction of sp³-hybridized carbons (Fsp3) is 1.00. The van der Waals surface area contributed by atoms with Crippen LogP contribution in [0.3, 0.4) is 0 Å². The van der Waals surface area contributed by atoms with Crippen molar-refractivity contribution in [1.82, 2.24) is 0 Å². The van der Waals surface area contributed by atoms with Crippen molar-refractivity contribution in [2.45, 2.75) is 13.8 Å². The van der Waals surface area contributed by atoms with E-state index in [0.29, 0.717) is 0 Å². The zero-order valence-electron chi connectivity index (χ0n) is 3.60. The molecule has 0 atom stereocenters. The molecule has 0 saturated heterocycles. The van der Waals surface area contributed by atoms with Crippen molar-refractivity contribution in [3.8, 4) is 0 Å². The summed E-state index contributed by atoms with van der Waals surface area (Å²) in [5.74, 6) is 0. The Morgan fingerprint density at radius 3 is 0.800 bits per heavy atom. The maximum Gasteiger partial charge on any atom is 2.00 e. The minimum atomic E-state index is 0. The topological polar surface area (TPSA) is 60.0 Å². The normalized spacial score (nSPS) is 1.20. The molecule has 0 aromatic rings. The van der Waals surface area contributed by atoms with Crippen LogP contribution in [0.5, 0.6) is 0 Å². The third kappa shape index (κ3) is 71.8. The molecule has 0 aliphatic heterocycles. The van der Waals surface area contributed by atoms with E-state index < -0.39 is 0 Å². The standard InChI is InChI=1S/C2H6.Mg.2H2O/c1-2;;;/h1-2H3;;2*1H2/q;+2;;/p-2. The molecule has 0 heterocycles. The second kappa shape index (κ2) is 135. The molecule has 30 valence electrons. The Balaban J connectivity index is -0.00000000167. The van der Waals surface area contributed by atoms with Gasteiger partial charge in [-0.15, -0.1) is 0 Å². The Bertz CT molecular complexity index is 7.61. The van der Waals surface area contributed by atoms with Crippen molar-refractivity contribution in [2.75, 3.05) is 0 Å². The van der Waals surface area contributed by atoms with E-state index in [-0.39, 0.29) is 34.0 Å². The summed E-state index contributed by atoms with van der Waals surface area (Å²) in [4.78, 5) is 0. The van der Waals surface area contributed by atoms with Crippen LogP contribution in [0, 0.1) is 0 Å². The molecule has 0 aliphatic carbocycles. The van der Waals surface area contributed by atoms with Gasteiger partial charge in [-0.2, -0.15) is 0 Å². The Hall–Kier alpha value is 0.686. The van der Waals surface area contributed by atoms with E-state index in [4.69, 9.17) is 0 Å². The minimum Gasteiger partial charge on any atom is -0.870 e. The van der Waals surface area contributed by atoms with Crippen molar-refractivity contribution in [2.24, 2.45) is 0 Å². The van der Waals surface area contributed by atoms with Crippen LogP contribution in [0.15, 0.2) is 0 Å². The van der Waals surface area contributed by atoms with Crippen molar-refractivity contribution in [1.29, 1.82) is 0 Å². The molecule has 0 radical (unpaired) electrons. The summed E-state index contributed by atoms with van der Waals surface area (Å²) in [6.45, 7) is 4.00. The summed E-state index contributed by atoms with van der Waals surface area (Å²) in [5, 5.41) is 0. The Morgan fingerprint density at radius 1 is 0.800 bits per heavy atom. The van der Waals surface area contributed by atoms with Gasteiger partial charge in [0, 0.05) is 0 Å². The molecular weight excluding hydrogens is 80.3 g/mol. The van der Waals surface area contributed by atoms with Gasteiger partial charge in [0.2, 0.25) is 0 Å². The zero-order chi connectivity index (χ0) is 2.00. The van der Waals surface area contributed by atoms with Gasteiger partial charge in [0.1, 0.15) is 0 Å². The quantitative estimate of drug-likeness (QED) is 0.400. The van der Waals surface area contributed by atoms with Crippen molar-refractivity contribution in [3.05, 3.63) is 0 Å². The molecule has 0 rings (SSSR count). The van der Waals surface area contributed by atoms with Crippen LogP contribution in [-0.2, 0) is 0 Å². The molecule has 0 fully saturated rings. The first kappa shape index (κ1) is 43.9. The predicted octanol–water partition coefficient (Wildman–Crippen LogP) is 0.292. The van der Waals surface area contributed by atoms with Crippen LogP contribution in [-0.4, -0.2) is 34.0 Å². The van der Waals surface area contributed by atoms with Gasteiger partial charge >= 0.3 is 23.1 Å². The van der Waals surface area contributed by atoms with E-state index >= 15 is 0 Å². The van der Waals surface area contributed by atoms with E-state index in [2.05, 4.69) is 0 Å². The molecule has 2 nitrogen and oxygen atoms in total. The maximum atomic E-state index is 2.00. The summed E-state index contributed by atoms with van der Waals surface area (Å²) in [7, 11) is 0. The molecule has 0 aromatic carbocycles. The molecule has 0 aromatic heterocycles. The van der Waals surface area contributed by atoms with E-state index in [9.17, 15) is 0 Å². The molecule has 2 N–H and O–H groups in total. The SMILES string of the molecule is CC.[Mg+2].[OH-].[OH-]. The smallest absolute Gasteiger partial charge is 0.870 e. The van der Waals surface area contributed by atoms with Crippen LogP contribution < -0.4 is 0 Å². The van der Waals surface area contributed by atoms with Crippen molar-refractivity contribution < 1.29 is 11.0 Å². The van der Waals surface area contributed by atoms with Gasteiger partial charge < -0.3 is 11.0 Å². The van der Waals surface area contributed by atoms with E-state index in [0.717, 1.165) is 0 Å².